The molecule has 0 aromatic heterocycles. The molecule has 1 aromatic carbocycles. The van der Waals surface area contributed by atoms with Gasteiger partial charge in [0.25, 0.3) is 0 Å². The van der Waals surface area contributed by atoms with Crippen LogP contribution in [0.1, 0.15) is 45.6 Å². The number of methoxy groups -OCH3 is 1. The van der Waals surface area contributed by atoms with Crippen molar-refractivity contribution < 1.29 is 33.7 Å². The van der Waals surface area contributed by atoms with Gasteiger partial charge in [0, 0.05) is 30.2 Å². The predicted octanol–water partition coefficient (Wildman–Crippen LogP) is 5.07. The first kappa shape index (κ1) is 35.1. The first-order valence-electron chi connectivity index (χ1n) is 10.7. The summed E-state index contributed by atoms with van der Waals surface area (Å²) in [7, 11) is 1.33. The maximum atomic E-state index is 10.6. The fraction of sp³-hybridized carbons (Fsp3) is 0.370. The number of esters is 3. The monoisotopic (exact) mass is 476 g/mol. The molecule has 0 atom stereocenters. The smallest absolute Gasteiger partial charge is 0.333 e. The lowest BCUT2D eigenvalue weighted by atomic mass is 10.2. The van der Waals surface area contributed by atoms with E-state index in [4.69, 9.17) is 5.11 Å². The highest BCUT2D eigenvalue weighted by Crippen LogP contribution is 1.97. The van der Waals surface area contributed by atoms with Gasteiger partial charge in [0.15, 0.2) is 0 Å². The van der Waals surface area contributed by atoms with Crippen LogP contribution in [0.5, 0.6) is 0 Å². The molecular formula is C27H40O7. The van der Waals surface area contributed by atoms with Gasteiger partial charge in [-0.25, -0.2) is 14.4 Å². The molecule has 0 heterocycles. The third kappa shape index (κ3) is 26.6. The molecule has 0 bridgehead atoms. The highest BCUT2D eigenvalue weighted by molar-refractivity contribution is 5.87. The number of carbonyl (C=O) groups is 3. The summed E-state index contributed by atoms with van der Waals surface area (Å²) in [6.07, 6.45) is 5.47. The van der Waals surface area contributed by atoms with E-state index in [9.17, 15) is 14.4 Å². The Morgan fingerprint density at radius 1 is 0.912 bits per heavy atom. The van der Waals surface area contributed by atoms with E-state index in [1.165, 1.54) is 18.7 Å². The Hall–Kier alpha value is -3.45. The van der Waals surface area contributed by atoms with Crippen LogP contribution in [0.4, 0.5) is 0 Å². The zero-order valence-electron chi connectivity index (χ0n) is 21.0. The quantitative estimate of drug-likeness (QED) is 0.218. The standard InChI is InChI=1S/C8H8.C7H12O3.C7H12O2.C5H8O2/c1-2-8-6-4-3-5-7-8;1-6(2)7(9)10-5-3-4-8;1-3-5-6-9-7(8)4-2;1-4(2)5(6)7-3/h2-7H,1H2;8H,1,3-5H2,2H3;4H,2-3,5-6H2,1H3;1H2,2-3H3. The summed E-state index contributed by atoms with van der Waals surface area (Å²) in [6, 6.07) is 10.0. The summed E-state index contributed by atoms with van der Waals surface area (Å²) in [4.78, 5) is 31.2. The maximum absolute atomic E-state index is 10.6. The van der Waals surface area contributed by atoms with Gasteiger partial charge in [-0.1, -0.05) is 76.1 Å². The maximum Gasteiger partial charge on any atom is 0.333 e. The zero-order chi connectivity index (χ0) is 26.8. The molecule has 0 unspecified atom stereocenters. The van der Waals surface area contributed by atoms with E-state index in [0.717, 1.165) is 12.8 Å². The van der Waals surface area contributed by atoms with Crippen LogP contribution in [-0.2, 0) is 28.6 Å². The zero-order valence-corrected chi connectivity index (χ0v) is 21.0. The molecule has 190 valence electrons. The molecule has 0 saturated heterocycles. The fourth-order valence-corrected chi connectivity index (χ4v) is 1.49. The summed E-state index contributed by atoms with van der Waals surface area (Å²) in [5.74, 6) is -1.07. The fourth-order valence-electron chi connectivity index (χ4n) is 1.49. The lowest BCUT2D eigenvalue weighted by Crippen LogP contribution is -2.06. The minimum Gasteiger partial charge on any atom is -0.466 e. The Bertz CT molecular complexity index is 737. The van der Waals surface area contributed by atoms with Gasteiger partial charge in [-0.05, 0) is 25.8 Å². The Morgan fingerprint density at radius 2 is 1.44 bits per heavy atom. The van der Waals surface area contributed by atoms with Gasteiger partial charge >= 0.3 is 17.9 Å². The third-order valence-corrected chi connectivity index (χ3v) is 3.36. The summed E-state index contributed by atoms with van der Waals surface area (Å²) < 4.78 is 13.6. The van der Waals surface area contributed by atoms with Gasteiger partial charge in [-0.3, -0.25) is 0 Å². The van der Waals surface area contributed by atoms with Crippen molar-refractivity contribution in [1.29, 1.82) is 0 Å². The molecule has 0 radical (unpaired) electrons. The highest BCUT2D eigenvalue weighted by atomic mass is 16.5. The molecule has 1 aromatic rings. The van der Waals surface area contributed by atoms with Crippen molar-refractivity contribution in [2.45, 2.75) is 40.0 Å². The van der Waals surface area contributed by atoms with Crippen LogP contribution >= 0.6 is 0 Å². The van der Waals surface area contributed by atoms with Crippen LogP contribution in [0, 0.1) is 0 Å². The van der Waals surface area contributed by atoms with Gasteiger partial charge in [0.1, 0.15) is 0 Å². The number of ether oxygens (including phenoxy) is 3. The van der Waals surface area contributed by atoms with Crippen molar-refractivity contribution in [1.82, 2.24) is 0 Å². The summed E-state index contributed by atoms with van der Waals surface area (Å²) in [5, 5.41) is 8.30. The van der Waals surface area contributed by atoms with E-state index >= 15 is 0 Å². The molecule has 34 heavy (non-hydrogen) atoms. The van der Waals surface area contributed by atoms with Crippen LogP contribution in [0.15, 0.2) is 73.9 Å². The molecule has 7 nitrogen and oxygen atoms in total. The van der Waals surface area contributed by atoms with Crippen LogP contribution in [0.25, 0.3) is 6.08 Å². The number of benzene rings is 1. The number of hydrogen-bond acceptors (Lipinski definition) is 7. The van der Waals surface area contributed by atoms with Crippen LogP contribution in [-0.4, -0.2) is 49.9 Å². The Balaban J connectivity index is -0.000000380. The van der Waals surface area contributed by atoms with Crippen molar-refractivity contribution in [3.8, 4) is 0 Å². The third-order valence-electron chi connectivity index (χ3n) is 3.36. The molecule has 1 rings (SSSR count). The number of hydrogen-bond donors (Lipinski definition) is 1. The largest absolute Gasteiger partial charge is 0.466 e. The van der Waals surface area contributed by atoms with E-state index in [0.29, 0.717) is 24.2 Å². The molecule has 0 aliphatic carbocycles. The van der Waals surface area contributed by atoms with Gasteiger partial charge < -0.3 is 19.3 Å². The van der Waals surface area contributed by atoms with Gasteiger partial charge in [-0.15, -0.1) is 0 Å². The summed E-state index contributed by atoms with van der Waals surface area (Å²) in [5.41, 5.74) is 1.99. The second-order valence-electron chi connectivity index (χ2n) is 6.61. The van der Waals surface area contributed by atoms with Crippen LogP contribution in [0.2, 0.25) is 0 Å². The molecule has 0 aliphatic rings. The Labute approximate surface area is 204 Å². The van der Waals surface area contributed by atoms with E-state index in [1.54, 1.807) is 13.8 Å². The van der Waals surface area contributed by atoms with E-state index < -0.39 is 5.97 Å². The minimum absolute atomic E-state index is 0.0451. The van der Waals surface area contributed by atoms with E-state index in [1.807, 2.05) is 43.3 Å². The second kappa shape index (κ2) is 25.8. The number of rotatable bonds is 10. The van der Waals surface area contributed by atoms with E-state index in [2.05, 4.69) is 40.5 Å². The van der Waals surface area contributed by atoms with Gasteiger partial charge in [0.05, 0.1) is 20.3 Å². The molecule has 0 spiro atoms. The molecular weight excluding hydrogens is 436 g/mol. The van der Waals surface area contributed by atoms with Crippen molar-refractivity contribution in [2.24, 2.45) is 0 Å². The number of aliphatic hydroxyl groups excluding tert-OH is 1. The van der Waals surface area contributed by atoms with E-state index in [-0.39, 0.29) is 25.2 Å². The first-order valence-corrected chi connectivity index (χ1v) is 10.7. The lowest BCUT2D eigenvalue weighted by molar-refractivity contribution is -0.139. The lowest BCUT2D eigenvalue weighted by Gasteiger charge is -2.00. The molecule has 7 heteroatoms. The highest BCUT2D eigenvalue weighted by Gasteiger charge is 2.00. The van der Waals surface area contributed by atoms with Crippen LogP contribution in [0.3, 0.4) is 0 Å². The second-order valence-corrected chi connectivity index (χ2v) is 6.61. The van der Waals surface area contributed by atoms with Crippen molar-refractivity contribution in [3.05, 3.63) is 79.4 Å². The number of carbonyl (C=O) groups excluding carboxylic acids is 3. The molecule has 0 saturated carbocycles. The molecule has 0 aliphatic heterocycles. The molecule has 0 amide bonds. The SMILES string of the molecule is C=C(C)C(=O)OC.C=C(C)C(=O)OCCCO.C=CC(=O)OCCCC.C=Cc1ccccc1. The Kier molecular flexibility index (Phi) is 26.7. The topological polar surface area (TPSA) is 99.1 Å². The molecule has 1 N–H and O–H groups in total. The number of aliphatic hydroxyl groups is 1. The number of unbranched alkanes of at least 4 members (excludes halogenated alkanes) is 1. The Morgan fingerprint density at radius 3 is 1.76 bits per heavy atom. The summed E-state index contributed by atoms with van der Waals surface area (Å²) >= 11 is 0. The average Bonchev–Trinajstić information content (AvgIpc) is 2.85. The van der Waals surface area contributed by atoms with Gasteiger partial charge in [0.2, 0.25) is 0 Å². The predicted molar refractivity (Wildman–Crippen MR) is 137 cm³/mol. The van der Waals surface area contributed by atoms with Gasteiger partial charge in [-0.2, -0.15) is 0 Å². The minimum atomic E-state index is -0.395. The first-order chi connectivity index (χ1) is 16.1. The summed E-state index contributed by atoms with van der Waals surface area (Å²) in [6.45, 7) is 19.7. The molecule has 0 fully saturated rings. The van der Waals surface area contributed by atoms with Crippen LogP contribution < -0.4 is 0 Å². The average molecular weight is 477 g/mol. The van der Waals surface area contributed by atoms with Crippen molar-refractivity contribution >= 4 is 24.0 Å². The van der Waals surface area contributed by atoms with Crippen molar-refractivity contribution in [3.63, 3.8) is 0 Å². The van der Waals surface area contributed by atoms with Crippen molar-refractivity contribution in [2.75, 3.05) is 26.9 Å². The normalized spacial score (nSPS) is 8.50.